The summed E-state index contributed by atoms with van der Waals surface area (Å²) in [5, 5.41) is 0.647. The molecule has 0 atom stereocenters. The standard InChI is InChI=1S/C26H33ClN4O4/c1-5-6-7-12-30-23(34-20-14-29(15-20)17-24(33)35-26(2,3)4)13-22(32)31-16-21(28-25(30)31)18-8-10-19(27)11-9-18/h8-11,13,16,20H,5-7,12,14-15,17H2,1-4H3. The van der Waals surface area contributed by atoms with Crippen molar-refractivity contribution in [3.05, 3.63) is 51.9 Å². The number of likely N-dealkylation sites (tertiary alicyclic amines) is 1. The quantitative estimate of drug-likeness (QED) is 0.320. The summed E-state index contributed by atoms with van der Waals surface area (Å²) in [6, 6.07) is 8.93. The molecule has 4 rings (SSSR count). The highest BCUT2D eigenvalue weighted by molar-refractivity contribution is 6.30. The fraction of sp³-hybridized carbons (Fsp3) is 0.500. The SMILES string of the molecule is CCCCCn1c(OC2CN(CC(=O)OC(C)(C)C)C2)cc(=O)n2cc(-c3ccc(Cl)cc3)nc12. The van der Waals surface area contributed by atoms with Crippen LogP contribution < -0.4 is 10.3 Å². The first-order chi connectivity index (χ1) is 16.6. The highest BCUT2D eigenvalue weighted by atomic mass is 35.5. The molecular formula is C26H33ClN4O4. The van der Waals surface area contributed by atoms with Crippen molar-refractivity contribution in [3.8, 4) is 17.1 Å². The van der Waals surface area contributed by atoms with Crippen molar-refractivity contribution in [1.82, 2.24) is 18.9 Å². The van der Waals surface area contributed by atoms with Gasteiger partial charge in [-0.2, -0.15) is 0 Å². The Bertz CT molecular complexity index is 1240. The summed E-state index contributed by atoms with van der Waals surface area (Å²) < 4.78 is 15.2. The summed E-state index contributed by atoms with van der Waals surface area (Å²) in [5.74, 6) is 0.813. The number of carbonyl (C=O) groups excluding carboxylic acids is 1. The van der Waals surface area contributed by atoms with E-state index in [1.54, 1.807) is 10.6 Å². The molecular weight excluding hydrogens is 468 g/mol. The Hall–Kier alpha value is -2.84. The average Bonchev–Trinajstić information content (AvgIpc) is 3.19. The molecule has 0 bridgehead atoms. The van der Waals surface area contributed by atoms with Crippen LogP contribution in [0.15, 0.2) is 41.3 Å². The summed E-state index contributed by atoms with van der Waals surface area (Å²) in [4.78, 5) is 31.8. The van der Waals surface area contributed by atoms with Crippen molar-refractivity contribution in [2.24, 2.45) is 0 Å². The van der Waals surface area contributed by atoms with E-state index < -0.39 is 5.60 Å². The maximum absolute atomic E-state index is 12.9. The molecule has 35 heavy (non-hydrogen) atoms. The van der Waals surface area contributed by atoms with E-state index in [1.807, 2.05) is 54.5 Å². The van der Waals surface area contributed by atoms with Crippen LogP contribution in [0.5, 0.6) is 5.88 Å². The summed E-state index contributed by atoms with van der Waals surface area (Å²) in [6.07, 6.45) is 4.74. The van der Waals surface area contributed by atoms with Crippen molar-refractivity contribution in [3.63, 3.8) is 0 Å². The number of ether oxygens (including phenoxy) is 2. The van der Waals surface area contributed by atoms with Crippen LogP contribution in [0.25, 0.3) is 17.0 Å². The lowest BCUT2D eigenvalue weighted by molar-refractivity contribution is -0.158. The van der Waals surface area contributed by atoms with Crippen LogP contribution >= 0.6 is 11.6 Å². The fourth-order valence-electron chi connectivity index (χ4n) is 4.12. The van der Waals surface area contributed by atoms with Crippen LogP contribution in [0.3, 0.4) is 0 Å². The lowest BCUT2D eigenvalue weighted by Gasteiger charge is -2.38. The number of benzene rings is 1. The van der Waals surface area contributed by atoms with Crippen molar-refractivity contribution in [1.29, 1.82) is 0 Å². The first-order valence-corrected chi connectivity index (χ1v) is 12.5. The van der Waals surface area contributed by atoms with Gasteiger partial charge in [0, 0.05) is 36.4 Å². The molecule has 0 unspecified atom stereocenters. The molecule has 3 heterocycles. The van der Waals surface area contributed by atoms with E-state index in [-0.39, 0.29) is 24.2 Å². The molecule has 0 saturated carbocycles. The third-order valence-corrected chi connectivity index (χ3v) is 6.04. The highest BCUT2D eigenvalue weighted by Gasteiger charge is 2.32. The average molecular weight is 501 g/mol. The van der Waals surface area contributed by atoms with Crippen LogP contribution in [-0.4, -0.2) is 56.2 Å². The normalized spacial score (nSPS) is 14.8. The molecule has 9 heteroatoms. The zero-order chi connectivity index (χ0) is 25.2. The van der Waals surface area contributed by atoms with Crippen LogP contribution in [0, 0.1) is 0 Å². The molecule has 1 saturated heterocycles. The number of nitrogens with zero attached hydrogens (tertiary/aromatic N) is 4. The lowest BCUT2D eigenvalue weighted by Crippen LogP contribution is -2.56. The largest absolute Gasteiger partial charge is 0.473 e. The van der Waals surface area contributed by atoms with Crippen LogP contribution in [0.4, 0.5) is 0 Å². The summed E-state index contributed by atoms with van der Waals surface area (Å²) in [5.41, 5.74) is 0.889. The number of hydrogen-bond acceptors (Lipinski definition) is 6. The molecule has 2 aromatic heterocycles. The Morgan fingerprint density at radius 3 is 2.54 bits per heavy atom. The Balaban J connectivity index is 1.54. The van der Waals surface area contributed by atoms with Crippen molar-refractivity contribution >= 4 is 23.3 Å². The molecule has 188 valence electrons. The molecule has 0 N–H and O–H groups in total. The summed E-state index contributed by atoms with van der Waals surface area (Å²) in [6.45, 7) is 9.83. The highest BCUT2D eigenvalue weighted by Crippen LogP contribution is 2.24. The number of rotatable bonds is 9. The monoisotopic (exact) mass is 500 g/mol. The van der Waals surface area contributed by atoms with Crippen LogP contribution in [0.1, 0.15) is 47.0 Å². The van der Waals surface area contributed by atoms with Gasteiger partial charge in [-0.1, -0.05) is 43.5 Å². The number of halogens is 1. The number of fused-ring (bicyclic) bond motifs is 1. The molecule has 0 radical (unpaired) electrons. The third kappa shape index (κ3) is 6.24. The number of esters is 1. The zero-order valence-corrected chi connectivity index (χ0v) is 21.5. The van der Waals surface area contributed by atoms with Crippen molar-refractivity contribution in [2.45, 2.75) is 65.2 Å². The lowest BCUT2D eigenvalue weighted by atomic mass is 10.1. The molecule has 1 aliphatic rings. The molecule has 0 aliphatic carbocycles. The molecule has 0 amide bonds. The van der Waals surface area contributed by atoms with E-state index in [0.717, 1.165) is 24.8 Å². The summed E-state index contributed by atoms with van der Waals surface area (Å²) in [7, 11) is 0. The molecule has 3 aromatic rings. The van der Waals surface area contributed by atoms with Gasteiger partial charge in [-0.25, -0.2) is 4.98 Å². The molecule has 8 nitrogen and oxygen atoms in total. The van der Waals surface area contributed by atoms with Gasteiger partial charge in [0.25, 0.3) is 5.56 Å². The van der Waals surface area contributed by atoms with E-state index in [0.29, 0.717) is 42.0 Å². The summed E-state index contributed by atoms with van der Waals surface area (Å²) >= 11 is 6.03. The van der Waals surface area contributed by atoms with E-state index in [4.69, 9.17) is 26.1 Å². The number of unbranched alkanes of at least 4 members (excludes halogenated alkanes) is 2. The van der Waals surface area contributed by atoms with Gasteiger partial charge < -0.3 is 9.47 Å². The minimum Gasteiger partial charge on any atom is -0.473 e. The van der Waals surface area contributed by atoms with Gasteiger partial charge >= 0.3 is 5.97 Å². The number of hydrogen-bond donors (Lipinski definition) is 0. The Morgan fingerprint density at radius 2 is 1.89 bits per heavy atom. The Kier molecular flexibility index (Phi) is 7.52. The van der Waals surface area contributed by atoms with E-state index in [9.17, 15) is 9.59 Å². The number of aryl methyl sites for hydroxylation is 1. The maximum Gasteiger partial charge on any atom is 0.320 e. The Labute approximate surface area is 210 Å². The van der Waals surface area contributed by atoms with Gasteiger partial charge in [-0.3, -0.25) is 23.5 Å². The van der Waals surface area contributed by atoms with E-state index >= 15 is 0 Å². The number of aromatic nitrogens is 3. The number of imidazole rings is 1. The predicted octanol–water partition coefficient (Wildman–Crippen LogP) is 4.41. The number of carbonyl (C=O) groups is 1. The first-order valence-electron chi connectivity index (χ1n) is 12.1. The second kappa shape index (κ2) is 10.4. The molecule has 1 fully saturated rings. The second-order valence-electron chi connectivity index (χ2n) is 10.0. The van der Waals surface area contributed by atoms with Gasteiger partial charge in [-0.15, -0.1) is 0 Å². The van der Waals surface area contributed by atoms with E-state index in [1.165, 1.54) is 6.07 Å². The van der Waals surface area contributed by atoms with Crippen molar-refractivity contribution in [2.75, 3.05) is 19.6 Å². The smallest absolute Gasteiger partial charge is 0.320 e. The van der Waals surface area contributed by atoms with Crippen LogP contribution in [-0.2, 0) is 16.1 Å². The van der Waals surface area contributed by atoms with Gasteiger partial charge in [-0.05, 0) is 39.3 Å². The minimum absolute atomic E-state index is 0.109. The van der Waals surface area contributed by atoms with Gasteiger partial charge in [0.1, 0.15) is 11.7 Å². The van der Waals surface area contributed by atoms with Gasteiger partial charge in [0.2, 0.25) is 11.7 Å². The van der Waals surface area contributed by atoms with Gasteiger partial charge in [0.05, 0.1) is 18.3 Å². The van der Waals surface area contributed by atoms with E-state index in [2.05, 4.69) is 6.92 Å². The predicted molar refractivity (Wildman–Crippen MR) is 136 cm³/mol. The first kappa shape index (κ1) is 25.3. The van der Waals surface area contributed by atoms with Crippen molar-refractivity contribution < 1.29 is 14.3 Å². The molecule has 1 aromatic carbocycles. The van der Waals surface area contributed by atoms with Gasteiger partial charge in [0.15, 0.2) is 0 Å². The molecule has 0 spiro atoms. The topological polar surface area (TPSA) is 78.1 Å². The fourth-order valence-corrected chi connectivity index (χ4v) is 4.24. The van der Waals surface area contributed by atoms with Crippen LogP contribution in [0.2, 0.25) is 5.02 Å². The second-order valence-corrected chi connectivity index (χ2v) is 10.4. The Morgan fingerprint density at radius 1 is 1.17 bits per heavy atom. The molecule has 1 aliphatic heterocycles. The third-order valence-electron chi connectivity index (χ3n) is 5.79. The zero-order valence-electron chi connectivity index (χ0n) is 20.8. The minimum atomic E-state index is -0.503. The maximum atomic E-state index is 12.9.